The molecule has 1 unspecified atom stereocenters. The lowest BCUT2D eigenvalue weighted by molar-refractivity contribution is -0.138. The second kappa shape index (κ2) is 7.67. The standard InChI is InChI=1S/C14H16F3NO4/c1-9(6-13(20)21)7-18-12(19)8-22-11-4-2-10(3-5-11)14(15,16)17/h2-5,9H,6-8H2,1H3,(H,18,19)(H,20,21). The molecular weight excluding hydrogens is 303 g/mol. The van der Waals surface area contributed by atoms with Crippen molar-refractivity contribution in [1.29, 1.82) is 0 Å². The summed E-state index contributed by atoms with van der Waals surface area (Å²) in [5.41, 5.74) is -0.799. The largest absolute Gasteiger partial charge is 0.484 e. The molecule has 0 saturated heterocycles. The van der Waals surface area contributed by atoms with Gasteiger partial charge in [-0.2, -0.15) is 13.2 Å². The fourth-order valence-corrected chi connectivity index (χ4v) is 1.60. The van der Waals surface area contributed by atoms with Crippen molar-refractivity contribution in [3.05, 3.63) is 29.8 Å². The van der Waals surface area contributed by atoms with Crippen molar-refractivity contribution in [2.75, 3.05) is 13.2 Å². The average molecular weight is 319 g/mol. The zero-order valence-electron chi connectivity index (χ0n) is 11.8. The summed E-state index contributed by atoms with van der Waals surface area (Å²) in [6.45, 7) is 1.50. The quantitative estimate of drug-likeness (QED) is 0.809. The molecule has 22 heavy (non-hydrogen) atoms. The van der Waals surface area contributed by atoms with Crippen molar-refractivity contribution in [3.8, 4) is 5.75 Å². The van der Waals surface area contributed by atoms with Crippen LogP contribution in [0.3, 0.4) is 0 Å². The Kier molecular flexibility index (Phi) is 6.21. The molecule has 0 radical (unpaired) electrons. The van der Waals surface area contributed by atoms with E-state index in [0.29, 0.717) is 0 Å². The van der Waals surface area contributed by atoms with E-state index in [9.17, 15) is 22.8 Å². The Morgan fingerprint density at radius 3 is 2.36 bits per heavy atom. The van der Waals surface area contributed by atoms with Crippen LogP contribution in [-0.4, -0.2) is 30.1 Å². The number of hydrogen-bond donors (Lipinski definition) is 2. The van der Waals surface area contributed by atoms with Crippen molar-refractivity contribution in [3.63, 3.8) is 0 Å². The maximum absolute atomic E-state index is 12.4. The SMILES string of the molecule is CC(CNC(=O)COc1ccc(C(F)(F)F)cc1)CC(=O)O. The Balaban J connectivity index is 2.36. The number of aliphatic carboxylic acids is 1. The maximum atomic E-state index is 12.4. The molecule has 0 fully saturated rings. The molecule has 1 amide bonds. The fourth-order valence-electron chi connectivity index (χ4n) is 1.60. The minimum Gasteiger partial charge on any atom is -0.484 e. The van der Waals surface area contributed by atoms with Crippen LogP contribution in [-0.2, 0) is 15.8 Å². The molecule has 0 saturated carbocycles. The van der Waals surface area contributed by atoms with Gasteiger partial charge in [0.15, 0.2) is 6.61 Å². The van der Waals surface area contributed by atoms with E-state index in [1.54, 1.807) is 6.92 Å². The number of ether oxygens (including phenoxy) is 1. The van der Waals surface area contributed by atoms with E-state index in [0.717, 1.165) is 24.3 Å². The van der Waals surface area contributed by atoms with Crippen molar-refractivity contribution >= 4 is 11.9 Å². The second-order valence-electron chi connectivity index (χ2n) is 4.82. The second-order valence-corrected chi connectivity index (χ2v) is 4.82. The van der Waals surface area contributed by atoms with Crippen LogP contribution in [0.25, 0.3) is 0 Å². The molecule has 1 rings (SSSR count). The predicted molar refractivity (Wildman–Crippen MR) is 71.4 cm³/mol. The summed E-state index contributed by atoms with van der Waals surface area (Å²) in [6.07, 6.45) is -4.49. The van der Waals surface area contributed by atoms with Crippen molar-refractivity contribution < 1.29 is 32.6 Å². The van der Waals surface area contributed by atoms with E-state index >= 15 is 0 Å². The van der Waals surface area contributed by atoms with Crippen LogP contribution in [0.2, 0.25) is 0 Å². The summed E-state index contributed by atoms with van der Waals surface area (Å²) >= 11 is 0. The Labute approximate surface area is 125 Å². The molecule has 0 aromatic heterocycles. The molecule has 122 valence electrons. The molecule has 0 aliphatic rings. The predicted octanol–water partition coefficient (Wildman–Crippen LogP) is 2.31. The highest BCUT2D eigenvalue weighted by atomic mass is 19.4. The van der Waals surface area contributed by atoms with Gasteiger partial charge in [0.1, 0.15) is 5.75 Å². The van der Waals surface area contributed by atoms with Gasteiger partial charge in [-0.3, -0.25) is 9.59 Å². The summed E-state index contributed by atoms with van der Waals surface area (Å²) in [6, 6.07) is 3.98. The van der Waals surface area contributed by atoms with E-state index in [2.05, 4.69) is 5.32 Å². The number of carboxylic acid groups (broad SMARTS) is 1. The van der Waals surface area contributed by atoms with Gasteiger partial charge >= 0.3 is 12.1 Å². The number of nitrogens with one attached hydrogen (secondary N) is 1. The van der Waals surface area contributed by atoms with Gasteiger partial charge in [0, 0.05) is 13.0 Å². The van der Waals surface area contributed by atoms with Gasteiger partial charge in [0.05, 0.1) is 5.56 Å². The zero-order chi connectivity index (χ0) is 16.8. The van der Waals surface area contributed by atoms with Gasteiger partial charge in [-0.15, -0.1) is 0 Å². The Bertz CT molecular complexity index is 514. The summed E-state index contributed by atoms with van der Waals surface area (Å²) < 4.78 is 42.1. The summed E-state index contributed by atoms with van der Waals surface area (Å²) in [7, 11) is 0. The minimum absolute atomic E-state index is 0.0694. The van der Waals surface area contributed by atoms with Crippen LogP contribution >= 0.6 is 0 Å². The number of benzene rings is 1. The van der Waals surface area contributed by atoms with E-state index in [4.69, 9.17) is 9.84 Å². The third-order valence-corrected chi connectivity index (χ3v) is 2.72. The van der Waals surface area contributed by atoms with Crippen molar-refractivity contribution in [2.24, 2.45) is 5.92 Å². The minimum atomic E-state index is -4.42. The third kappa shape index (κ3) is 6.47. The van der Waals surface area contributed by atoms with Gasteiger partial charge in [-0.05, 0) is 30.2 Å². The summed E-state index contributed by atoms with van der Waals surface area (Å²) in [4.78, 5) is 21.9. The molecule has 0 spiro atoms. The van der Waals surface area contributed by atoms with Crippen LogP contribution in [0.15, 0.2) is 24.3 Å². The van der Waals surface area contributed by atoms with E-state index in [-0.39, 0.29) is 31.2 Å². The van der Waals surface area contributed by atoms with Gasteiger partial charge in [0.2, 0.25) is 0 Å². The molecule has 0 bridgehead atoms. The smallest absolute Gasteiger partial charge is 0.416 e. The normalized spacial score (nSPS) is 12.5. The molecule has 0 aliphatic carbocycles. The fraction of sp³-hybridized carbons (Fsp3) is 0.429. The number of rotatable bonds is 7. The number of alkyl halides is 3. The first kappa shape index (κ1) is 17.8. The average Bonchev–Trinajstić information content (AvgIpc) is 2.41. The number of amides is 1. The van der Waals surface area contributed by atoms with Crippen LogP contribution in [0.4, 0.5) is 13.2 Å². The zero-order valence-corrected chi connectivity index (χ0v) is 11.8. The molecule has 1 atom stereocenters. The molecule has 0 heterocycles. The molecule has 0 aliphatic heterocycles. The van der Waals surface area contributed by atoms with Gasteiger partial charge < -0.3 is 15.2 Å². The number of halogens is 3. The Morgan fingerprint density at radius 1 is 1.27 bits per heavy atom. The number of hydrogen-bond acceptors (Lipinski definition) is 3. The highest BCUT2D eigenvalue weighted by Gasteiger charge is 2.30. The van der Waals surface area contributed by atoms with Crippen molar-refractivity contribution in [2.45, 2.75) is 19.5 Å². The highest BCUT2D eigenvalue weighted by Crippen LogP contribution is 2.30. The highest BCUT2D eigenvalue weighted by molar-refractivity contribution is 5.77. The van der Waals surface area contributed by atoms with Gasteiger partial charge in [-0.1, -0.05) is 6.92 Å². The maximum Gasteiger partial charge on any atom is 0.416 e. The van der Waals surface area contributed by atoms with E-state index < -0.39 is 23.6 Å². The first-order valence-corrected chi connectivity index (χ1v) is 6.47. The first-order chi connectivity index (χ1) is 10.2. The number of carboxylic acids is 1. The third-order valence-electron chi connectivity index (χ3n) is 2.72. The van der Waals surface area contributed by atoms with Crippen molar-refractivity contribution in [1.82, 2.24) is 5.32 Å². The van der Waals surface area contributed by atoms with E-state index in [1.807, 2.05) is 0 Å². The van der Waals surface area contributed by atoms with Gasteiger partial charge in [0.25, 0.3) is 5.91 Å². The Hall–Kier alpha value is -2.25. The lowest BCUT2D eigenvalue weighted by atomic mass is 10.1. The monoisotopic (exact) mass is 319 g/mol. The van der Waals surface area contributed by atoms with Crippen LogP contribution in [0.1, 0.15) is 18.9 Å². The summed E-state index contributed by atoms with van der Waals surface area (Å²) in [5.74, 6) is -1.52. The lowest BCUT2D eigenvalue weighted by Crippen LogP contribution is -2.33. The lowest BCUT2D eigenvalue weighted by Gasteiger charge is -2.11. The molecule has 8 heteroatoms. The number of carbonyl (C=O) groups is 2. The molecule has 1 aromatic carbocycles. The topological polar surface area (TPSA) is 75.6 Å². The van der Waals surface area contributed by atoms with Crippen LogP contribution in [0.5, 0.6) is 5.75 Å². The molecule has 5 nitrogen and oxygen atoms in total. The first-order valence-electron chi connectivity index (χ1n) is 6.47. The molecule has 1 aromatic rings. The summed E-state index contributed by atoms with van der Waals surface area (Å²) in [5, 5.41) is 11.0. The number of carbonyl (C=O) groups excluding carboxylic acids is 1. The Morgan fingerprint density at radius 2 is 1.86 bits per heavy atom. The van der Waals surface area contributed by atoms with Gasteiger partial charge in [-0.25, -0.2) is 0 Å². The molecular formula is C14H16F3NO4. The van der Waals surface area contributed by atoms with E-state index in [1.165, 1.54) is 0 Å². The van der Waals surface area contributed by atoms with Crippen LogP contribution in [0, 0.1) is 5.92 Å². The van der Waals surface area contributed by atoms with Crippen LogP contribution < -0.4 is 10.1 Å². The molecule has 2 N–H and O–H groups in total.